The van der Waals surface area contributed by atoms with Crippen LogP contribution in [0.15, 0.2) is 35.7 Å². The highest BCUT2D eigenvalue weighted by molar-refractivity contribution is 7.14. The lowest BCUT2D eigenvalue weighted by Gasteiger charge is -2.40. The number of hydrogen-bond donors (Lipinski definition) is 1. The van der Waals surface area contributed by atoms with Gasteiger partial charge in [-0.3, -0.25) is 9.69 Å². The van der Waals surface area contributed by atoms with Crippen LogP contribution in [0.1, 0.15) is 41.2 Å². The zero-order valence-electron chi connectivity index (χ0n) is 22.8. The molecule has 4 aliphatic rings. The van der Waals surface area contributed by atoms with Crippen molar-refractivity contribution in [1.29, 1.82) is 0 Å². The lowest BCUT2D eigenvalue weighted by molar-refractivity contribution is -0.144. The predicted molar refractivity (Wildman–Crippen MR) is 152 cm³/mol. The van der Waals surface area contributed by atoms with Gasteiger partial charge in [0.25, 0.3) is 0 Å². The fourth-order valence-corrected chi connectivity index (χ4v) is 7.88. The quantitative estimate of drug-likeness (QED) is 0.445. The molecule has 0 radical (unpaired) electrons. The predicted octanol–water partition coefficient (Wildman–Crippen LogP) is 5.06. The summed E-state index contributed by atoms with van der Waals surface area (Å²) in [6, 6.07) is 11.3. The van der Waals surface area contributed by atoms with E-state index in [1.165, 1.54) is 22.3 Å². The molecule has 0 bridgehead atoms. The van der Waals surface area contributed by atoms with Crippen molar-refractivity contribution in [2.75, 3.05) is 31.2 Å². The average Bonchev–Trinajstić information content (AvgIpc) is 3.28. The van der Waals surface area contributed by atoms with Gasteiger partial charge >= 0.3 is 5.97 Å². The van der Waals surface area contributed by atoms with E-state index in [1.807, 2.05) is 13.0 Å². The number of aromatic nitrogens is 1. The Bertz CT molecular complexity index is 1450. The van der Waals surface area contributed by atoms with E-state index in [-0.39, 0.29) is 12.0 Å². The molecular formula is C31H35N3O4S. The van der Waals surface area contributed by atoms with Crippen LogP contribution in [0.3, 0.4) is 0 Å². The van der Waals surface area contributed by atoms with E-state index >= 15 is 0 Å². The van der Waals surface area contributed by atoms with E-state index in [4.69, 9.17) is 14.5 Å². The van der Waals surface area contributed by atoms with Crippen LogP contribution in [0.5, 0.6) is 5.75 Å². The van der Waals surface area contributed by atoms with Crippen LogP contribution in [0.25, 0.3) is 11.3 Å². The smallest absolute Gasteiger partial charge is 0.312 e. The molecule has 0 amide bonds. The molecule has 1 aliphatic carbocycles. The van der Waals surface area contributed by atoms with Crippen LogP contribution >= 0.6 is 11.3 Å². The van der Waals surface area contributed by atoms with E-state index in [9.17, 15) is 9.90 Å². The SMILES string of the molecule is Cc1cc(COc2c(C)cccc2-c2csc(N3C[C@H]4C[C@@]4(C(=O)O)[C@@H]3C)n2)cc2c1CN(C1COC1)CC2. The molecule has 2 saturated heterocycles. The number of anilines is 1. The molecule has 0 unspecified atom stereocenters. The highest BCUT2D eigenvalue weighted by Crippen LogP contribution is 2.62. The minimum atomic E-state index is -0.670. The Kier molecular flexibility index (Phi) is 5.99. The first-order valence-electron chi connectivity index (χ1n) is 14.0. The maximum absolute atomic E-state index is 11.9. The zero-order chi connectivity index (χ0) is 26.9. The van der Waals surface area contributed by atoms with Gasteiger partial charge in [-0.05, 0) is 73.4 Å². The summed E-state index contributed by atoms with van der Waals surface area (Å²) in [5.41, 5.74) is 7.78. The first-order chi connectivity index (χ1) is 18.8. The van der Waals surface area contributed by atoms with Crippen molar-refractivity contribution >= 4 is 22.4 Å². The van der Waals surface area contributed by atoms with E-state index < -0.39 is 11.4 Å². The number of fused-ring (bicyclic) bond motifs is 2. The van der Waals surface area contributed by atoms with Crippen LogP contribution in [0, 0.1) is 25.2 Å². The van der Waals surface area contributed by atoms with Gasteiger partial charge in [0, 0.05) is 36.6 Å². The minimum Gasteiger partial charge on any atom is -0.488 e. The third-order valence-corrected chi connectivity index (χ3v) is 10.5. The number of carbonyl (C=O) groups is 1. The van der Waals surface area contributed by atoms with Gasteiger partial charge in [-0.25, -0.2) is 4.98 Å². The van der Waals surface area contributed by atoms with Crippen LogP contribution < -0.4 is 9.64 Å². The van der Waals surface area contributed by atoms with Crippen molar-refractivity contribution in [2.24, 2.45) is 11.3 Å². The molecule has 0 spiro atoms. The van der Waals surface area contributed by atoms with Gasteiger partial charge in [-0.2, -0.15) is 0 Å². The second kappa shape index (κ2) is 9.32. The highest BCUT2D eigenvalue weighted by atomic mass is 32.1. The van der Waals surface area contributed by atoms with E-state index in [2.05, 4.69) is 53.3 Å². The Morgan fingerprint density at radius 2 is 2.10 bits per heavy atom. The molecule has 2 aromatic carbocycles. The van der Waals surface area contributed by atoms with Crippen molar-refractivity contribution < 1.29 is 19.4 Å². The standard InChI is InChI=1S/C31H35N3O4S/c1-18-5-4-6-25(27-17-39-30(32-27)34-12-23-11-31(23,20(34)3)29(35)36)28(18)38-14-21-9-19(2)26-13-33(24-15-37-16-24)8-7-22(26)10-21/h4-6,9-10,17,20,23-24H,7-8,11-16H2,1-3H3,(H,35,36)/t20-,23+,31+/m0/s1. The van der Waals surface area contributed by atoms with E-state index in [1.54, 1.807) is 11.3 Å². The Balaban J connectivity index is 1.09. The molecule has 8 heteroatoms. The number of nitrogens with zero attached hydrogens (tertiary/aromatic N) is 3. The summed E-state index contributed by atoms with van der Waals surface area (Å²) in [6.07, 6.45) is 1.85. The van der Waals surface area contributed by atoms with Gasteiger partial charge in [0.2, 0.25) is 0 Å². The third kappa shape index (κ3) is 4.07. The van der Waals surface area contributed by atoms with Crippen molar-refractivity contribution in [3.8, 4) is 17.0 Å². The number of aryl methyl sites for hydroxylation is 2. The number of carboxylic acid groups (broad SMARTS) is 1. The third-order valence-electron chi connectivity index (χ3n) is 9.58. The summed E-state index contributed by atoms with van der Waals surface area (Å²) >= 11 is 1.59. The highest BCUT2D eigenvalue weighted by Gasteiger charge is 2.70. The van der Waals surface area contributed by atoms with E-state index in [0.29, 0.717) is 12.6 Å². The maximum atomic E-state index is 11.9. The molecular weight excluding hydrogens is 510 g/mol. The molecule has 204 valence electrons. The Morgan fingerprint density at radius 1 is 1.26 bits per heavy atom. The molecule has 39 heavy (non-hydrogen) atoms. The fraction of sp³-hybridized carbons (Fsp3) is 0.484. The zero-order valence-corrected chi connectivity index (χ0v) is 23.6. The van der Waals surface area contributed by atoms with Gasteiger partial charge in [0.15, 0.2) is 5.13 Å². The lowest BCUT2D eigenvalue weighted by Crippen LogP contribution is -2.50. The Morgan fingerprint density at radius 3 is 2.85 bits per heavy atom. The van der Waals surface area contributed by atoms with Gasteiger partial charge in [0.1, 0.15) is 12.4 Å². The van der Waals surface area contributed by atoms with Crippen molar-refractivity contribution in [2.45, 2.75) is 58.8 Å². The van der Waals surface area contributed by atoms with Gasteiger partial charge in [-0.1, -0.05) is 24.3 Å². The molecule has 3 aliphatic heterocycles. The summed E-state index contributed by atoms with van der Waals surface area (Å²) in [5.74, 6) is 0.419. The largest absolute Gasteiger partial charge is 0.488 e. The molecule has 3 aromatic rings. The minimum absolute atomic E-state index is 0.0476. The first kappa shape index (κ1) is 25.1. The molecule has 4 heterocycles. The number of aliphatic carboxylic acids is 1. The summed E-state index contributed by atoms with van der Waals surface area (Å²) in [6.45, 7) is 11.4. The van der Waals surface area contributed by atoms with Crippen molar-refractivity contribution in [1.82, 2.24) is 9.88 Å². The number of hydrogen-bond acceptors (Lipinski definition) is 7. The number of piperidine rings is 1. The van der Waals surface area contributed by atoms with Gasteiger partial charge in [-0.15, -0.1) is 11.3 Å². The molecule has 3 atom stereocenters. The van der Waals surface area contributed by atoms with Crippen LogP contribution in [-0.4, -0.2) is 59.3 Å². The van der Waals surface area contributed by atoms with Crippen LogP contribution in [0.2, 0.25) is 0 Å². The summed E-state index contributed by atoms with van der Waals surface area (Å²) in [7, 11) is 0. The summed E-state index contributed by atoms with van der Waals surface area (Å²) in [4.78, 5) is 21.7. The van der Waals surface area contributed by atoms with Crippen LogP contribution in [-0.2, 0) is 29.1 Å². The van der Waals surface area contributed by atoms with Gasteiger partial charge < -0.3 is 19.5 Å². The molecule has 7 rings (SSSR count). The van der Waals surface area contributed by atoms with Crippen LogP contribution in [0.4, 0.5) is 5.13 Å². The van der Waals surface area contributed by atoms with Gasteiger partial charge in [0.05, 0.1) is 30.4 Å². The fourth-order valence-electron chi connectivity index (χ4n) is 6.96. The number of rotatable bonds is 7. The molecule has 7 nitrogen and oxygen atoms in total. The number of para-hydroxylation sites is 1. The second-order valence-electron chi connectivity index (χ2n) is 11.8. The summed E-state index contributed by atoms with van der Waals surface area (Å²) < 4.78 is 11.9. The van der Waals surface area contributed by atoms with Crippen molar-refractivity contribution in [3.05, 3.63) is 63.5 Å². The first-order valence-corrected chi connectivity index (χ1v) is 14.8. The number of benzene rings is 2. The average molecular weight is 546 g/mol. The van der Waals surface area contributed by atoms with Crippen molar-refractivity contribution in [3.63, 3.8) is 0 Å². The maximum Gasteiger partial charge on any atom is 0.312 e. The monoisotopic (exact) mass is 545 g/mol. The second-order valence-corrected chi connectivity index (χ2v) is 12.6. The Hall–Kier alpha value is -2.94. The number of carboxylic acids is 1. The Labute approximate surface area is 233 Å². The molecule has 1 N–H and O–H groups in total. The lowest BCUT2D eigenvalue weighted by atomic mass is 9.92. The van der Waals surface area contributed by atoms with E-state index in [0.717, 1.165) is 73.4 Å². The summed E-state index contributed by atoms with van der Waals surface area (Å²) in [5, 5.41) is 12.8. The number of ether oxygens (including phenoxy) is 2. The number of thiazole rings is 1. The molecule has 3 fully saturated rings. The normalized spacial score (nSPS) is 26.2. The molecule has 1 aromatic heterocycles. The topological polar surface area (TPSA) is 75.1 Å². The molecule has 1 saturated carbocycles.